The molecule has 1 aliphatic heterocycles. The minimum Gasteiger partial charge on any atom is -0.465 e. The monoisotopic (exact) mass is 416 g/mol. The Bertz CT molecular complexity index is 836. The Labute approximate surface area is 161 Å². The van der Waals surface area contributed by atoms with Gasteiger partial charge in [0.05, 0.1) is 5.41 Å². The number of hydrogen-bond donors (Lipinski definition) is 1. The maximum atomic E-state index is 12.9. The Morgan fingerprint density at radius 2 is 1.88 bits per heavy atom. The number of carboxylic acid groups (broad SMARTS) is 1. The third kappa shape index (κ3) is 3.46. The second-order valence-electron chi connectivity index (χ2n) is 6.93. The number of fused-ring (bicyclic) bond motifs is 1. The van der Waals surface area contributed by atoms with Gasteiger partial charge in [0.15, 0.2) is 0 Å². The number of carbonyl (C=O) groups is 2. The van der Waals surface area contributed by atoms with Gasteiger partial charge in [-0.05, 0) is 37.1 Å². The van der Waals surface area contributed by atoms with E-state index in [9.17, 15) is 14.7 Å². The highest BCUT2D eigenvalue weighted by Gasteiger charge is 2.43. The number of amides is 2. The summed E-state index contributed by atoms with van der Waals surface area (Å²) in [7, 11) is 0. The van der Waals surface area contributed by atoms with Crippen LogP contribution in [-0.4, -0.2) is 35.1 Å². The lowest BCUT2D eigenvalue weighted by Crippen LogP contribution is -2.42. The third-order valence-electron chi connectivity index (χ3n) is 4.78. The lowest BCUT2D eigenvalue weighted by Gasteiger charge is -2.25. The minimum atomic E-state index is -0.991. The zero-order valence-corrected chi connectivity index (χ0v) is 16.4. The molecule has 2 amide bonds. The fraction of sp³-hybridized carbons (Fsp3) is 0.300. The van der Waals surface area contributed by atoms with E-state index in [4.69, 9.17) is 0 Å². The normalized spacial score (nSPS) is 15.0. The summed E-state index contributed by atoms with van der Waals surface area (Å²) in [4.78, 5) is 27.5. The SMILES string of the molecule is CC1(C)C(=O)N(CCN(Cc2ccccc2)C(=O)O)c2cc(Br)ccc21. The molecule has 0 atom stereocenters. The fourth-order valence-corrected chi connectivity index (χ4v) is 3.66. The summed E-state index contributed by atoms with van der Waals surface area (Å²) in [5.74, 6) is -0.00403. The van der Waals surface area contributed by atoms with E-state index in [1.54, 1.807) is 4.90 Å². The van der Waals surface area contributed by atoms with E-state index in [-0.39, 0.29) is 12.5 Å². The predicted molar refractivity (Wildman–Crippen MR) is 104 cm³/mol. The molecule has 5 nitrogen and oxygen atoms in total. The van der Waals surface area contributed by atoms with Gasteiger partial charge >= 0.3 is 6.09 Å². The van der Waals surface area contributed by atoms with Crippen molar-refractivity contribution < 1.29 is 14.7 Å². The first-order valence-electron chi connectivity index (χ1n) is 8.44. The molecule has 0 aliphatic carbocycles. The van der Waals surface area contributed by atoms with E-state index in [1.165, 1.54) is 4.90 Å². The highest BCUT2D eigenvalue weighted by Crippen LogP contribution is 2.42. The molecular weight excluding hydrogens is 396 g/mol. The zero-order valence-electron chi connectivity index (χ0n) is 14.8. The van der Waals surface area contributed by atoms with Gasteiger partial charge in [0.1, 0.15) is 0 Å². The molecule has 0 unspecified atom stereocenters. The van der Waals surface area contributed by atoms with Crippen molar-refractivity contribution in [3.05, 3.63) is 64.1 Å². The van der Waals surface area contributed by atoms with Crippen molar-refractivity contribution in [3.8, 4) is 0 Å². The summed E-state index contributed by atoms with van der Waals surface area (Å²) in [6, 6.07) is 15.3. The van der Waals surface area contributed by atoms with Crippen molar-refractivity contribution in [3.63, 3.8) is 0 Å². The molecule has 1 aliphatic rings. The topological polar surface area (TPSA) is 60.9 Å². The van der Waals surface area contributed by atoms with E-state index < -0.39 is 11.5 Å². The lowest BCUT2D eigenvalue weighted by atomic mass is 9.86. The van der Waals surface area contributed by atoms with Gasteiger partial charge in [0.2, 0.25) is 5.91 Å². The molecule has 3 rings (SSSR count). The molecule has 136 valence electrons. The number of benzene rings is 2. The van der Waals surface area contributed by atoms with Crippen molar-refractivity contribution in [1.29, 1.82) is 0 Å². The van der Waals surface area contributed by atoms with Crippen molar-refractivity contribution in [2.24, 2.45) is 0 Å². The molecular formula is C20H21BrN2O3. The van der Waals surface area contributed by atoms with Gasteiger partial charge in [0.25, 0.3) is 0 Å². The fourth-order valence-electron chi connectivity index (χ4n) is 3.31. The van der Waals surface area contributed by atoms with Crippen LogP contribution in [0.5, 0.6) is 0 Å². The van der Waals surface area contributed by atoms with E-state index in [1.807, 2.05) is 62.4 Å². The summed E-state index contributed by atoms with van der Waals surface area (Å²) in [6.07, 6.45) is -0.991. The van der Waals surface area contributed by atoms with Gasteiger partial charge in [-0.2, -0.15) is 0 Å². The van der Waals surface area contributed by atoms with Crippen LogP contribution in [0.15, 0.2) is 53.0 Å². The quantitative estimate of drug-likeness (QED) is 0.791. The number of hydrogen-bond acceptors (Lipinski definition) is 2. The first-order valence-corrected chi connectivity index (χ1v) is 9.24. The number of halogens is 1. The highest BCUT2D eigenvalue weighted by atomic mass is 79.9. The molecule has 6 heteroatoms. The molecule has 0 spiro atoms. The van der Waals surface area contributed by atoms with Crippen LogP contribution in [0.4, 0.5) is 10.5 Å². The largest absolute Gasteiger partial charge is 0.465 e. The predicted octanol–water partition coefficient (Wildman–Crippen LogP) is 4.25. The number of nitrogens with zero attached hydrogens (tertiary/aromatic N) is 2. The van der Waals surface area contributed by atoms with Gasteiger partial charge in [-0.1, -0.05) is 52.3 Å². The molecule has 2 aromatic rings. The third-order valence-corrected chi connectivity index (χ3v) is 5.28. The highest BCUT2D eigenvalue weighted by molar-refractivity contribution is 9.10. The first-order chi connectivity index (χ1) is 12.3. The maximum Gasteiger partial charge on any atom is 0.407 e. The van der Waals surface area contributed by atoms with Crippen molar-refractivity contribution >= 4 is 33.6 Å². The average molecular weight is 417 g/mol. The maximum absolute atomic E-state index is 12.9. The Morgan fingerprint density at radius 3 is 2.54 bits per heavy atom. The van der Waals surface area contributed by atoms with Gasteiger partial charge in [-0.15, -0.1) is 0 Å². The van der Waals surface area contributed by atoms with E-state index in [0.717, 1.165) is 21.3 Å². The molecule has 0 saturated carbocycles. The second kappa shape index (κ2) is 7.11. The van der Waals surface area contributed by atoms with Crippen molar-refractivity contribution in [2.45, 2.75) is 25.8 Å². The van der Waals surface area contributed by atoms with Crippen LogP contribution in [0.2, 0.25) is 0 Å². The van der Waals surface area contributed by atoms with Crippen molar-refractivity contribution in [1.82, 2.24) is 4.90 Å². The average Bonchev–Trinajstić information content (AvgIpc) is 2.78. The molecule has 0 radical (unpaired) electrons. The number of rotatable bonds is 5. The molecule has 0 fully saturated rings. The standard InChI is InChI=1S/C20H21BrN2O3/c1-20(2)16-9-8-15(21)12-17(16)23(18(20)24)11-10-22(19(25)26)13-14-6-4-3-5-7-14/h3-9,12H,10-11,13H2,1-2H3,(H,25,26). The number of anilines is 1. The summed E-state index contributed by atoms with van der Waals surface area (Å²) < 4.78 is 0.895. The Morgan fingerprint density at radius 1 is 1.19 bits per heavy atom. The van der Waals surface area contributed by atoms with Crippen molar-refractivity contribution in [2.75, 3.05) is 18.0 Å². The van der Waals surface area contributed by atoms with Crippen LogP contribution in [0.3, 0.4) is 0 Å². The summed E-state index contributed by atoms with van der Waals surface area (Å²) in [6.45, 7) is 4.68. The van der Waals surface area contributed by atoms with Gasteiger partial charge < -0.3 is 14.9 Å². The van der Waals surface area contributed by atoms with Crippen LogP contribution in [0.1, 0.15) is 25.0 Å². The van der Waals surface area contributed by atoms with E-state index in [2.05, 4.69) is 15.9 Å². The van der Waals surface area contributed by atoms with Crippen LogP contribution < -0.4 is 4.90 Å². The molecule has 1 N–H and O–H groups in total. The second-order valence-corrected chi connectivity index (χ2v) is 7.85. The molecule has 1 heterocycles. The van der Waals surface area contributed by atoms with E-state index in [0.29, 0.717) is 13.1 Å². The minimum absolute atomic E-state index is 0.00403. The molecule has 0 bridgehead atoms. The molecule has 26 heavy (non-hydrogen) atoms. The van der Waals surface area contributed by atoms with Gasteiger partial charge in [-0.25, -0.2) is 4.79 Å². The van der Waals surface area contributed by atoms with Crippen LogP contribution in [-0.2, 0) is 16.8 Å². The zero-order chi connectivity index (χ0) is 18.9. The van der Waals surface area contributed by atoms with Crippen LogP contribution >= 0.6 is 15.9 Å². The Kier molecular flexibility index (Phi) is 5.05. The Hall–Kier alpha value is -2.34. The molecule has 2 aromatic carbocycles. The molecule has 0 aromatic heterocycles. The van der Waals surface area contributed by atoms with Gasteiger partial charge in [-0.3, -0.25) is 4.79 Å². The molecule has 0 saturated heterocycles. The summed E-state index contributed by atoms with van der Waals surface area (Å²) in [5, 5.41) is 9.53. The van der Waals surface area contributed by atoms with Crippen LogP contribution in [0, 0.1) is 0 Å². The van der Waals surface area contributed by atoms with Gasteiger partial charge in [0, 0.05) is 29.8 Å². The smallest absolute Gasteiger partial charge is 0.407 e. The van der Waals surface area contributed by atoms with Crippen LogP contribution in [0.25, 0.3) is 0 Å². The summed E-state index contributed by atoms with van der Waals surface area (Å²) in [5.41, 5.74) is 2.13. The first kappa shape index (κ1) is 18.5. The summed E-state index contributed by atoms with van der Waals surface area (Å²) >= 11 is 3.45. The van der Waals surface area contributed by atoms with E-state index >= 15 is 0 Å². The Balaban J connectivity index is 1.79. The number of carbonyl (C=O) groups excluding carboxylic acids is 1. The lowest BCUT2D eigenvalue weighted by molar-refractivity contribution is -0.122.